The summed E-state index contributed by atoms with van der Waals surface area (Å²) >= 11 is 0. The molecule has 11 heteroatoms. The fraction of sp³-hybridized carbons (Fsp3) is 0.294. The van der Waals surface area contributed by atoms with Crippen LogP contribution < -0.4 is 10.6 Å². The smallest absolute Gasteiger partial charge is 0.270 e. The van der Waals surface area contributed by atoms with E-state index in [-0.39, 0.29) is 12.3 Å². The summed E-state index contributed by atoms with van der Waals surface area (Å²) in [5, 5.41) is 26.0. The van der Waals surface area contributed by atoms with Gasteiger partial charge in [0.05, 0.1) is 6.04 Å². The van der Waals surface area contributed by atoms with Gasteiger partial charge in [0.15, 0.2) is 17.4 Å². The number of anilines is 1. The van der Waals surface area contributed by atoms with Crippen molar-refractivity contribution in [3.63, 3.8) is 0 Å². The summed E-state index contributed by atoms with van der Waals surface area (Å²) in [4.78, 5) is 27.7. The van der Waals surface area contributed by atoms with Crippen LogP contribution in [0.2, 0.25) is 0 Å². The predicted molar refractivity (Wildman–Crippen MR) is 100 cm³/mol. The van der Waals surface area contributed by atoms with E-state index in [0.717, 1.165) is 6.21 Å². The molecule has 1 atom stereocenters. The Bertz CT molecular complexity index is 980. The van der Waals surface area contributed by atoms with Crippen molar-refractivity contribution in [3.05, 3.63) is 41.3 Å². The zero-order valence-electron chi connectivity index (χ0n) is 15.4. The molecule has 11 nitrogen and oxygen atoms in total. The number of nitrogens with zero attached hydrogens (tertiary/aromatic N) is 4. The molecular weight excluding hydrogens is 364 g/mol. The van der Waals surface area contributed by atoms with Crippen molar-refractivity contribution in [1.82, 2.24) is 30.4 Å². The second-order valence-electron chi connectivity index (χ2n) is 5.92. The van der Waals surface area contributed by atoms with Crippen molar-refractivity contribution < 1.29 is 14.4 Å². The van der Waals surface area contributed by atoms with E-state index >= 15 is 0 Å². The molecule has 146 valence electrons. The Morgan fingerprint density at radius 2 is 2.25 bits per heavy atom. The van der Waals surface area contributed by atoms with E-state index in [4.69, 9.17) is 15.0 Å². The van der Waals surface area contributed by atoms with Crippen LogP contribution in [-0.4, -0.2) is 56.0 Å². The van der Waals surface area contributed by atoms with Gasteiger partial charge in [-0.1, -0.05) is 5.16 Å². The number of nitrogens with one attached hydrogen (secondary N) is 4. The summed E-state index contributed by atoms with van der Waals surface area (Å²) in [6.45, 7) is 1.69. The number of aliphatic hydroxyl groups excluding tert-OH is 1. The summed E-state index contributed by atoms with van der Waals surface area (Å²) < 4.78 is 5.33. The Kier molecular flexibility index (Phi) is 5.75. The van der Waals surface area contributed by atoms with E-state index in [1.54, 1.807) is 20.0 Å². The van der Waals surface area contributed by atoms with Crippen molar-refractivity contribution in [1.29, 1.82) is 5.41 Å². The van der Waals surface area contributed by atoms with Gasteiger partial charge in [0, 0.05) is 38.1 Å². The van der Waals surface area contributed by atoms with Crippen LogP contribution >= 0.6 is 0 Å². The number of carbonyl (C=O) groups is 1. The number of aliphatic hydroxyl groups is 1. The second kappa shape index (κ2) is 8.39. The molecule has 0 aliphatic rings. The topological polar surface area (TPSA) is 166 Å². The molecule has 3 heterocycles. The van der Waals surface area contributed by atoms with E-state index in [2.05, 4.69) is 35.7 Å². The third-order valence-corrected chi connectivity index (χ3v) is 3.98. The number of H-pyrrole nitrogens is 1. The van der Waals surface area contributed by atoms with Gasteiger partial charge in [-0.05, 0) is 13.0 Å². The summed E-state index contributed by atoms with van der Waals surface area (Å²) in [6, 6.07) is 2.73. The molecular formula is C17H20N8O3. The maximum absolute atomic E-state index is 12.4. The van der Waals surface area contributed by atoms with Crippen molar-refractivity contribution in [2.24, 2.45) is 0 Å². The quantitative estimate of drug-likeness (QED) is 0.357. The molecule has 3 aromatic heterocycles. The van der Waals surface area contributed by atoms with E-state index in [0.29, 0.717) is 40.9 Å². The summed E-state index contributed by atoms with van der Waals surface area (Å²) in [5.74, 6) is 1.01. The zero-order chi connectivity index (χ0) is 20.1. The lowest BCUT2D eigenvalue weighted by molar-refractivity contribution is 0.0928. The first kappa shape index (κ1) is 19.2. The third kappa shape index (κ3) is 4.04. The Morgan fingerprint density at radius 1 is 1.43 bits per heavy atom. The van der Waals surface area contributed by atoms with Crippen molar-refractivity contribution >= 4 is 17.9 Å². The van der Waals surface area contributed by atoms with Crippen LogP contribution in [-0.2, 0) is 6.42 Å². The zero-order valence-corrected chi connectivity index (χ0v) is 15.4. The van der Waals surface area contributed by atoms with Crippen molar-refractivity contribution in [3.8, 4) is 11.5 Å². The standard InChI is InChI=1S/C17H20N8O3/c1-9(22-17(27)12-5-10(3-4-26)20-8-21-12)14-6-11(25-28-14)16-23-13(7-18)15(19-2)24-16/h5-9,18-19,26H,3-4H2,1-2H3,(H,22,27)(H,23,24)/t9-/m1/s1. The molecule has 0 aliphatic heterocycles. The molecule has 0 aliphatic carbocycles. The van der Waals surface area contributed by atoms with Gasteiger partial charge < -0.3 is 30.7 Å². The van der Waals surface area contributed by atoms with Crippen molar-refractivity contribution in [2.45, 2.75) is 19.4 Å². The molecule has 28 heavy (non-hydrogen) atoms. The van der Waals surface area contributed by atoms with Gasteiger partial charge in [-0.2, -0.15) is 0 Å². The third-order valence-electron chi connectivity index (χ3n) is 3.98. The molecule has 0 spiro atoms. The maximum atomic E-state index is 12.4. The molecule has 1 amide bonds. The number of carbonyl (C=O) groups excluding carboxylic acids is 1. The van der Waals surface area contributed by atoms with E-state index < -0.39 is 11.9 Å². The van der Waals surface area contributed by atoms with Crippen LogP contribution in [0.1, 0.15) is 40.6 Å². The number of amides is 1. The van der Waals surface area contributed by atoms with Gasteiger partial charge in [-0.15, -0.1) is 0 Å². The molecule has 3 rings (SSSR count). The molecule has 0 saturated heterocycles. The van der Waals surface area contributed by atoms with Crippen LogP contribution in [0, 0.1) is 5.41 Å². The van der Waals surface area contributed by atoms with Crippen LogP contribution in [0.15, 0.2) is 23.0 Å². The van der Waals surface area contributed by atoms with Gasteiger partial charge >= 0.3 is 0 Å². The lowest BCUT2D eigenvalue weighted by Crippen LogP contribution is -2.27. The molecule has 0 bridgehead atoms. The Labute approximate surface area is 160 Å². The summed E-state index contributed by atoms with van der Waals surface area (Å²) in [6.07, 6.45) is 2.78. The molecule has 5 N–H and O–H groups in total. The highest BCUT2D eigenvalue weighted by Crippen LogP contribution is 2.23. The predicted octanol–water partition coefficient (Wildman–Crippen LogP) is 0.920. The Balaban J connectivity index is 1.72. The minimum atomic E-state index is -0.467. The fourth-order valence-electron chi connectivity index (χ4n) is 2.52. The average Bonchev–Trinajstić information content (AvgIpc) is 3.35. The molecule has 0 radical (unpaired) electrons. The SMILES string of the molecule is CNc1nc(-c2cc([C@@H](C)NC(=O)c3cc(CCO)ncn3)on2)[nH]c1C=N. The monoisotopic (exact) mass is 384 g/mol. The average molecular weight is 384 g/mol. The lowest BCUT2D eigenvalue weighted by Gasteiger charge is -2.10. The molecule has 0 aromatic carbocycles. The first-order valence-corrected chi connectivity index (χ1v) is 8.53. The molecule has 0 fully saturated rings. The van der Waals surface area contributed by atoms with E-state index in [1.807, 2.05) is 0 Å². The molecule has 3 aromatic rings. The number of rotatable bonds is 8. The molecule has 0 unspecified atom stereocenters. The van der Waals surface area contributed by atoms with Gasteiger partial charge in [0.2, 0.25) is 0 Å². The van der Waals surface area contributed by atoms with Crippen LogP contribution in [0.3, 0.4) is 0 Å². The van der Waals surface area contributed by atoms with Gasteiger partial charge in [-0.25, -0.2) is 15.0 Å². The number of aromatic nitrogens is 5. The minimum Gasteiger partial charge on any atom is -0.396 e. The first-order valence-electron chi connectivity index (χ1n) is 8.53. The fourth-order valence-corrected chi connectivity index (χ4v) is 2.52. The number of imidazole rings is 1. The summed E-state index contributed by atoms with van der Waals surface area (Å²) in [5.41, 5.74) is 1.75. The highest BCUT2D eigenvalue weighted by Gasteiger charge is 2.19. The number of hydrogen-bond acceptors (Lipinski definition) is 9. The van der Waals surface area contributed by atoms with Gasteiger partial charge in [-0.3, -0.25) is 4.79 Å². The minimum absolute atomic E-state index is 0.0585. The molecule has 0 saturated carbocycles. The van der Waals surface area contributed by atoms with Crippen LogP contribution in [0.25, 0.3) is 11.5 Å². The van der Waals surface area contributed by atoms with Gasteiger partial charge in [0.1, 0.15) is 23.4 Å². The van der Waals surface area contributed by atoms with E-state index in [9.17, 15) is 4.79 Å². The Morgan fingerprint density at radius 3 is 2.93 bits per heavy atom. The first-order chi connectivity index (χ1) is 13.5. The normalized spacial score (nSPS) is 11.8. The highest BCUT2D eigenvalue weighted by molar-refractivity contribution is 5.92. The Hall–Kier alpha value is -3.60. The summed E-state index contributed by atoms with van der Waals surface area (Å²) in [7, 11) is 1.71. The highest BCUT2D eigenvalue weighted by atomic mass is 16.5. The lowest BCUT2D eigenvalue weighted by atomic mass is 10.2. The van der Waals surface area contributed by atoms with Crippen LogP contribution in [0.5, 0.6) is 0 Å². The maximum Gasteiger partial charge on any atom is 0.270 e. The number of aromatic amines is 1. The van der Waals surface area contributed by atoms with E-state index in [1.165, 1.54) is 12.4 Å². The largest absolute Gasteiger partial charge is 0.396 e. The van der Waals surface area contributed by atoms with Gasteiger partial charge in [0.25, 0.3) is 5.91 Å². The van der Waals surface area contributed by atoms with Crippen molar-refractivity contribution in [2.75, 3.05) is 19.0 Å². The number of hydrogen-bond donors (Lipinski definition) is 5. The second-order valence-corrected chi connectivity index (χ2v) is 5.92. The van der Waals surface area contributed by atoms with Crippen LogP contribution in [0.4, 0.5) is 5.82 Å².